The van der Waals surface area contributed by atoms with E-state index in [0.717, 1.165) is 6.29 Å². The van der Waals surface area contributed by atoms with Crippen LogP contribution in [0.5, 0.6) is 0 Å². The van der Waals surface area contributed by atoms with Crippen molar-refractivity contribution in [1.29, 1.82) is 0 Å². The van der Waals surface area contributed by atoms with Gasteiger partial charge in [-0.05, 0) is 23.9 Å². The van der Waals surface area contributed by atoms with Gasteiger partial charge in [-0.25, -0.2) is 0 Å². The molecule has 1 N–H and O–H groups in total. The average Bonchev–Trinajstić information content (AvgIpc) is 2.83. The molecule has 0 aromatic heterocycles. The van der Waals surface area contributed by atoms with Gasteiger partial charge in [-0.3, -0.25) is 29.4 Å². The maximum Gasteiger partial charge on any atom is 0.259 e. The minimum Gasteiger partial charge on any atom is -0.298 e. The van der Waals surface area contributed by atoms with Crippen LogP contribution in [0, 0.1) is 0 Å². The second kappa shape index (κ2) is 4.74. The molecule has 0 saturated carbocycles. The summed E-state index contributed by atoms with van der Waals surface area (Å²) in [7, 11) is 0. The number of benzene rings is 2. The van der Waals surface area contributed by atoms with Crippen molar-refractivity contribution < 1.29 is 19.2 Å². The zero-order chi connectivity index (χ0) is 16.1. The largest absolute Gasteiger partial charge is 0.298 e. The van der Waals surface area contributed by atoms with Gasteiger partial charge in [-0.15, -0.1) is 0 Å². The third kappa shape index (κ3) is 1.81. The Morgan fingerprint density at radius 2 is 1.96 bits per heavy atom. The van der Waals surface area contributed by atoms with Crippen molar-refractivity contribution in [3.8, 4) is 0 Å². The van der Waals surface area contributed by atoms with Crippen LogP contribution >= 0.6 is 0 Å². The van der Waals surface area contributed by atoms with Crippen molar-refractivity contribution in [3.63, 3.8) is 0 Å². The molecule has 1 saturated heterocycles. The van der Waals surface area contributed by atoms with Crippen LogP contribution in [0.2, 0.25) is 0 Å². The molecule has 0 bridgehead atoms. The number of hydrogen-bond donors (Lipinski definition) is 1. The number of piperidine rings is 1. The highest BCUT2D eigenvalue weighted by Gasteiger charge is 2.40. The number of nitrogens with one attached hydrogen (secondary N) is 1. The lowest BCUT2D eigenvalue weighted by Crippen LogP contribution is -2.53. The van der Waals surface area contributed by atoms with Gasteiger partial charge in [0.2, 0.25) is 11.8 Å². The number of amides is 3. The molecule has 0 spiro atoms. The fourth-order valence-electron chi connectivity index (χ4n) is 3.37. The first-order valence-electron chi connectivity index (χ1n) is 7.30. The van der Waals surface area contributed by atoms with Gasteiger partial charge in [0.05, 0.1) is 5.69 Å². The lowest BCUT2D eigenvalue weighted by atomic mass is 10.0. The van der Waals surface area contributed by atoms with Gasteiger partial charge in [0.25, 0.3) is 5.91 Å². The summed E-state index contributed by atoms with van der Waals surface area (Å²) in [6, 6.07) is 7.82. The molecule has 0 radical (unpaired) electrons. The highest BCUT2D eigenvalue weighted by molar-refractivity contribution is 6.28. The summed E-state index contributed by atoms with van der Waals surface area (Å²) in [5.41, 5.74) is 1.59. The standard InChI is InChI=1S/C17H12N2O4/c20-8-9-4-5-11-15-10(9)2-1-3-12(15)19(17(11)23)13-6-7-14(21)18-16(13)22/h1-5,8,13H,6-7H2,(H,18,21,22). The van der Waals surface area contributed by atoms with E-state index in [-0.39, 0.29) is 18.2 Å². The summed E-state index contributed by atoms with van der Waals surface area (Å²) < 4.78 is 0. The minimum absolute atomic E-state index is 0.200. The number of carbonyl (C=O) groups is 4. The number of nitrogens with zero attached hydrogens (tertiary/aromatic N) is 1. The molecule has 6 nitrogen and oxygen atoms in total. The van der Waals surface area contributed by atoms with Crippen molar-refractivity contribution >= 4 is 40.5 Å². The van der Waals surface area contributed by atoms with Gasteiger partial charge in [0.15, 0.2) is 6.29 Å². The van der Waals surface area contributed by atoms with Crippen molar-refractivity contribution in [2.24, 2.45) is 0 Å². The van der Waals surface area contributed by atoms with E-state index < -0.39 is 11.9 Å². The Hall–Kier alpha value is -3.02. The highest BCUT2D eigenvalue weighted by Crippen LogP contribution is 2.40. The zero-order valence-corrected chi connectivity index (χ0v) is 12.0. The monoisotopic (exact) mass is 308 g/mol. The van der Waals surface area contributed by atoms with Crippen LogP contribution < -0.4 is 10.2 Å². The highest BCUT2D eigenvalue weighted by atomic mass is 16.2. The zero-order valence-electron chi connectivity index (χ0n) is 12.0. The maximum atomic E-state index is 12.8. The molecule has 2 aliphatic rings. The van der Waals surface area contributed by atoms with Gasteiger partial charge < -0.3 is 0 Å². The smallest absolute Gasteiger partial charge is 0.259 e. The summed E-state index contributed by atoms with van der Waals surface area (Å²) in [5.74, 6) is -1.06. The molecule has 1 atom stereocenters. The Balaban J connectivity index is 1.90. The second-order valence-corrected chi connectivity index (χ2v) is 5.66. The Morgan fingerprint density at radius 1 is 1.13 bits per heavy atom. The quantitative estimate of drug-likeness (QED) is 0.672. The van der Waals surface area contributed by atoms with Crippen LogP contribution in [-0.4, -0.2) is 30.0 Å². The molecule has 114 valence electrons. The molecule has 4 rings (SSSR count). The topological polar surface area (TPSA) is 83.6 Å². The Kier molecular flexibility index (Phi) is 2.81. The number of aldehydes is 1. The van der Waals surface area contributed by atoms with Crippen molar-refractivity contribution in [3.05, 3.63) is 41.5 Å². The first-order valence-corrected chi connectivity index (χ1v) is 7.30. The van der Waals surface area contributed by atoms with E-state index in [4.69, 9.17) is 0 Å². The Morgan fingerprint density at radius 3 is 2.70 bits per heavy atom. The number of hydrogen-bond acceptors (Lipinski definition) is 4. The van der Waals surface area contributed by atoms with Crippen LogP contribution in [0.1, 0.15) is 33.6 Å². The summed E-state index contributed by atoms with van der Waals surface area (Å²) in [4.78, 5) is 48.9. The first kappa shape index (κ1) is 13.6. The molecule has 2 aromatic carbocycles. The van der Waals surface area contributed by atoms with Gasteiger partial charge in [-0.2, -0.15) is 0 Å². The predicted molar refractivity (Wildman–Crippen MR) is 82.3 cm³/mol. The van der Waals surface area contributed by atoms with Crippen LogP contribution in [0.15, 0.2) is 30.3 Å². The molecule has 2 aromatic rings. The molecular formula is C17H12N2O4. The normalized spacial score (nSPS) is 20.1. The fourth-order valence-corrected chi connectivity index (χ4v) is 3.37. The summed E-state index contributed by atoms with van der Waals surface area (Å²) >= 11 is 0. The fraction of sp³-hybridized carbons (Fsp3) is 0.176. The van der Waals surface area contributed by atoms with E-state index in [1.54, 1.807) is 30.3 Å². The van der Waals surface area contributed by atoms with Crippen molar-refractivity contribution in [2.45, 2.75) is 18.9 Å². The van der Waals surface area contributed by atoms with Gasteiger partial charge in [-0.1, -0.05) is 18.2 Å². The summed E-state index contributed by atoms with van der Waals surface area (Å²) in [5, 5.41) is 3.66. The number of imide groups is 1. The lowest BCUT2D eigenvalue weighted by Gasteiger charge is -2.30. The molecule has 1 fully saturated rings. The Labute approximate surface area is 131 Å². The van der Waals surface area contributed by atoms with E-state index in [1.807, 2.05) is 0 Å². The average molecular weight is 308 g/mol. The lowest BCUT2D eigenvalue weighted by molar-refractivity contribution is -0.134. The van der Waals surface area contributed by atoms with Crippen LogP contribution in [0.25, 0.3) is 10.8 Å². The second-order valence-electron chi connectivity index (χ2n) is 5.66. The van der Waals surface area contributed by atoms with E-state index in [0.29, 0.717) is 34.0 Å². The van der Waals surface area contributed by atoms with Crippen LogP contribution in [0.4, 0.5) is 5.69 Å². The molecule has 1 unspecified atom stereocenters. The van der Waals surface area contributed by atoms with Gasteiger partial charge >= 0.3 is 0 Å². The summed E-state index contributed by atoms with van der Waals surface area (Å²) in [6.45, 7) is 0. The minimum atomic E-state index is -0.710. The van der Waals surface area contributed by atoms with Gasteiger partial charge in [0.1, 0.15) is 6.04 Å². The molecule has 0 aliphatic carbocycles. The third-order valence-corrected chi connectivity index (χ3v) is 4.41. The molecule has 3 amide bonds. The molecular weight excluding hydrogens is 296 g/mol. The van der Waals surface area contributed by atoms with Crippen LogP contribution in [-0.2, 0) is 9.59 Å². The van der Waals surface area contributed by atoms with Crippen molar-refractivity contribution in [1.82, 2.24) is 5.32 Å². The third-order valence-electron chi connectivity index (χ3n) is 4.41. The van der Waals surface area contributed by atoms with E-state index >= 15 is 0 Å². The summed E-state index contributed by atoms with van der Waals surface area (Å²) in [6.07, 6.45) is 1.25. The van der Waals surface area contributed by atoms with E-state index in [2.05, 4.69) is 5.32 Å². The molecule has 2 aliphatic heterocycles. The van der Waals surface area contributed by atoms with E-state index in [9.17, 15) is 19.2 Å². The van der Waals surface area contributed by atoms with Crippen molar-refractivity contribution in [2.75, 3.05) is 4.90 Å². The van der Waals surface area contributed by atoms with Crippen LogP contribution in [0.3, 0.4) is 0 Å². The maximum absolute atomic E-state index is 12.8. The Bertz CT molecular complexity index is 903. The number of carbonyl (C=O) groups excluding carboxylic acids is 4. The predicted octanol–water partition coefficient (Wildman–Crippen LogP) is 1.42. The number of rotatable bonds is 2. The number of anilines is 1. The van der Waals surface area contributed by atoms with E-state index in [1.165, 1.54) is 4.90 Å². The first-order chi connectivity index (χ1) is 11.1. The molecule has 23 heavy (non-hydrogen) atoms. The molecule has 6 heteroatoms. The van der Waals surface area contributed by atoms with Gasteiger partial charge in [0, 0.05) is 22.9 Å². The molecule has 2 heterocycles. The SMILES string of the molecule is O=Cc1ccc2c3c(cccc13)N(C1CCC(=O)NC1=O)C2=O.